The zero-order valence-electron chi connectivity index (χ0n) is 10.8. The lowest BCUT2D eigenvalue weighted by Gasteiger charge is -2.08. The van der Waals surface area contributed by atoms with Crippen LogP contribution in [0.2, 0.25) is 0 Å². The molecule has 7 nitrogen and oxygen atoms in total. The predicted octanol–water partition coefficient (Wildman–Crippen LogP) is -0.281. The average molecular weight is 254 g/mol. The zero-order valence-corrected chi connectivity index (χ0v) is 10.8. The fourth-order valence-corrected chi connectivity index (χ4v) is 1.44. The van der Waals surface area contributed by atoms with Crippen LogP contribution in [-0.4, -0.2) is 42.3 Å². The van der Waals surface area contributed by atoms with Gasteiger partial charge in [0, 0.05) is 39.1 Å². The minimum absolute atomic E-state index is 0.606. The number of nitrogens with one attached hydrogen (secondary N) is 2. The van der Waals surface area contributed by atoms with E-state index in [0.717, 1.165) is 25.9 Å². The van der Waals surface area contributed by atoms with Crippen LogP contribution in [0, 0.1) is 0 Å². The van der Waals surface area contributed by atoms with E-state index in [2.05, 4.69) is 25.3 Å². The van der Waals surface area contributed by atoms with E-state index in [1.165, 1.54) is 0 Å². The van der Waals surface area contributed by atoms with Crippen LogP contribution >= 0.6 is 0 Å². The quantitative estimate of drug-likeness (QED) is 0.195. The predicted molar refractivity (Wildman–Crippen MR) is 71.0 cm³/mol. The van der Waals surface area contributed by atoms with Gasteiger partial charge < -0.3 is 14.6 Å². The summed E-state index contributed by atoms with van der Waals surface area (Å²) in [5, 5.41) is 3.05. The second kappa shape index (κ2) is 9.43. The number of aryl methyl sites for hydroxylation is 1. The van der Waals surface area contributed by atoms with Crippen molar-refractivity contribution in [2.75, 3.05) is 26.8 Å². The van der Waals surface area contributed by atoms with E-state index in [-0.39, 0.29) is 0 Å². The third-order valence-electron chi connectivity index (χ3n) is 2.39. The van der Waals surface area contributed by atoms with Gasteiger partial charge in [-0.05, 0) is 12.8 Å². The highest BCUT2D eigenvalue weighted by molar-refractivity contribution is 5.79. The minimum atomic E-state index is 0.606. The summed E-state index contributed by atoms with van der Waals surface area (Å²) in [5.41, 5.74) is 2.53. The van der Waals surface area contributed by atoms with Crippen molar-refractivity contribution in [3.63, 3.8) is 0 Å². The Morgan fingerprint density at radius 2 is 2.39 bits per heavy atom. The summed E-state index contributed by atoms with van der Waals surface area (Å²) in [6.07, 6.45) is 7.64. The summed E-state index contributed by atoms with van der Waals surface area (Å²) in [7, 11) is 1.66. The standard InChI is InChI=1S/C11H22N6O/c1-18-9-6-15-11(16-12)14-4-2-3-7-17-8-5-13-10-17/h5,8,10H,2-4,6-7,9,12H2,1H3,(H2,14,15,16). The Morgan fingerprint density at radius 1 is 1.50 bits per heavy atom. The van der Waals surface area contributed by atoms with E-state index >= 15 is 0 Å². The summed E-state index contributed by atoms with van der Waals surface area (Å²) in [6.45, 7) is 3.03. The zero-order chi connectivity index (χ0) is 13.1. The van der Waals surface area contributed by atoms with Gasteiger partial charge >= 0.3 is 0 Å². The van der Waals surface area contributed by atoms with Crippen LogP contribution in [0.15, 0.2) is 23.7 Å². The van der Waals surface area contributed by atoms with E-state index in [1.807, 2.05) is 12.5 Å². The number of rotatable bonds is 8. The van der Waals surface area contributed by atoms with Gasteiger partial charge in [-0.1, -0.05) is 0 Å². The molecule has 0 unspecified atom stereocenters. The molecule has 0 bridgehead atoms. The largest absolute Gasteiger partial charge is 0.383 e. The van der Waals surface area contributed by atoms with Gasteiger partial charge in [0.1, 0.15) is 0 Å². The van der Waals surface area contributed by atoms with Crippen LogP contribution in [0.5, 0.6) is 0 Å². The summed E-state index contributed by atoms with van der Waals surface area (Å²) in [4.78, 5) is 8.31. The number of nitrogens with zero attached hydrogens (tertiary/aromatic N) is 3. The molecule has 1 heterocycles. The smallest absolute Gasteiger partial charge is 0.205 e. The lowest BCUT2D eigenvalue weighted by molar-refractivity contribution is 0.203. The molecule has 0 fully saturated rings. The second-order valence-electron chi connectivity index (χ2n) is 3.80. The van der Waals surface area contributed by atoms with Crippen molar-refractivity contribution >= 4 is 5.96 Å². The van der Waals surface area contributed by atoms with Gasteiger partial charge in [0.25, 0.3) is 0 Å². The molecule has 1 rings (SSSR count). The maximum absolute atomic E-state index is 5.35. The number of hydrogen-bond acceptors (Lipinski definition) is 4. The summed E-state index contributed by atoms with van der Waals surface area (Å²) in [6, 6.07) is 0. The Kier molecular flexibility index (Phi) is 7.58. The van der Waals surface area contributed by atoms with Crippen molar-refractivity contribution < 1.29 is 4.74 Å². The van der Waals surface area contributed by atoms with E-state index in [4.69, 9.17) is 10.6 Å². The summed E-state index contributed by atoms with van der Waals surface area (Å²) < 4.78 is 6.98. The number of imidazole rings is 1. The van der Waals surface area contributed by atoms with E-state index in [0.29, 0.717) is 19.1 Å². The van der Waals surface area contributed by atoms with Crippen molar-refractivity contribution in [3.05, 3.63) is 18.7 Å². The molecule has 0 amide bonds. The molecular formula is C11H22N6O. The van der Waals surface area contributed by atoms with Gasteiger partial charge in [0.15, 0.2) is 0 Å². The molecule has 0 saturated carbocycles. The van der Waals surface area contributed by atoms with Crippen LogP contribution in [0.3, 0.4) is 0 Å². The molecule has 7 heteroatoms. The van der Waals surface area contributed by atoms with Gasteiger partial charge in [0.2, 0.25) is 5.96 Å². The number of aromatic nitrogens is 2. The van der Waals surface area contributed by atoms with Gasteiger partial charge in [-0.2, -0.15) is 0 Å². The molecule has 0 aromatic carbocycles. The van der Waals surface area contributed by atoms with Crippen molar-refractivity contribution in [1.29, 1.82) is 0 Å². The highest BCUT2D eigenvalue weighted by Gasteiger charge is 1.95. The molecule has 1 aromatic heterocycles. The summed E-state index contributed by atoms with van der Waals surface area (Å²) >= 11 is 0. The third kappa shape index (κ3) is 6.21. The fourth-order valence-electron chi connectivity index (χ4n) is 1.44. The van der Waals surface area contributed by atoms with Crippen LogP contribution in [0.1, 0.15) is 12.8 Å². The first-order chi connectivity index (χ1) is 8.86. The lowest BCUT2D eigenvalue weighted by atomic mass is 10.3. The number of hydrazine groups is 1. The van der Waals surface area contributed by atoms with E-state index in [1.54, 1.807) is 13.3 Å². The monoisotopic (exact) mass is 254 g/mol. The van der Waals surface area contributed by atoms with Gasteiger partial charge in [-0.15, -0.1) is 0 Å². The Hall–Kier alpha value is -1.60. The van der Waals surface area contributed by atoms with Crippen molar-refractivity contribution in [2.24, 2.45) is 10.8 Å². The molecule has 0 spiro atoms. The third-order valence-corrected chi connectivity index (χ3v) is 2.39. The fraction of sp³-hybridized carbons (Fsp3) is 0.636. The Balaban J connectivity index is 2.09. The first kappa shape index (κ1) is 14.5. The molecule has 0 saturated heterocycles. The maximum atomic E-state index is 5.35. The minimum Gasteiger partial charge on any atom is -0.383 e. The topological polar surface area (TPSA) is 89.5 Å². The molecule has 18 heavy (non-hydrogen) atoms. The summed E-state index contributed by atoms with van der Waals surface area (Å²) in [5.74, 6) is 5.96. The maximum Gasteiger partial charge on any atom is 0.205 e. The number of ether oxygens (including phenoxy) is 1. The Bertz CT molecular complexity index is 324. The normalized spacial score (nSPS) is 11.6. The van der Waals surface area contributed by atoms with Gasteiger partial charge in [0.05, 0.1) is 12.9 Å². The number of methoxy groups -OCH3 is 1. The van der Waals surface area contributed by atoms with Crippen LogP contribution in [0.25, 0.3) is 0 Å². The molecular weight excluding hydrogens is 232 g/mol. The molecule has 0 aliphatic carbocycles. The van der Waals surface area contributed by atoms with Gasteiger partial charge in [-0.25, -0.2) is 10.8 Å². The lowest BCUT2D eigenvalue weighted by Crippen LogP contribution is -2.42. The number of unbranched alkanes of at least 4 members (excludes halogenated alkanes) is 1. The number of aliphatic imine (C=N–C) groups is 1. The van der Waals surface area contributed by atoms with Crippen LogP contribution in [0.4, 0.5) is 0 Å². The molecule has 102 valence electrons. The van der Waals surface area contributed by atoms with Crippen molar-refractivity contribution in [1.82, 2.24) is 20.3 Å². The number of guanidine groups is 1. The molecule has 4 N–H and O–H groups in total. The Labute approximate surface area is 107 Å². The second-order valence-corrected chi connectivity index (χ2v) is 3.80. The highest BCUT2D eigenvalue weighted by Crippen LogP contribution is 1.95. The van der Waals surface area contributed by atoms with Crippen molar-refractivity contribution in [2.45, 2.75) is 19.4 Å². The SMILES string of the molecule is COCCNC(=NCCCCn1ccnc1)NN. The van der Waals surface area contributed by atoms with Crippen LogP contribution in [-0.2, 0) is 11.3 Å². The molecule has 0 radical (unpaired) electrons. The van der Waals surface area contributed by atoms with Crippen LogP contribution < -0.4 is 16.6 Å². The molecule has 0 atom stereocenters. The number of hydrogen-bond donors (Lipinski definition) is 3. The number of nitrogens with two attached hydrogens (primary N) is 1. The first-order valence-corrected chi connectivity index (χ1v) is 6.06. The van der Waals surface area contributed by atoms with E-state index < -0.39 is 0 Å². The van der Waals surface area contributed by atoms with Crippen molar-refractivity contribution in [3.8, 4) is 0 Å². The molecule has 0 aliphatic heterocycles. The highest BCUT2D eigenvalue weighted by atomic mass is 16.5. The molecule has 0 aliphatic rings. The first-order valence-electron chi connectivity index (χ1n) is 6.06. The Morgan fingerprint density at radius 3 is 3.06 bits per heavy atom. The molecule has 1 aromatic rings. The van der Waals surface area contributed by atoms with E-state index in [9.17, 15) is 0 Å². The average Bonchev–Trinajstić information content (AvgIpc) is 2.89. The van der Waals surface area contributed by atoms with Gasteiger partial charge in [-0.3, -0.25) is 10.4 Å².